The van der Waals surface area contributed by atoms with Gasteiger partial charge in [0.25, 0.3) is 5.56 Å². The molecule has 0 saturated heterocycles. The molecule has 1 saturated carbocycles. The van der Waals surface area contributed by atoms with Gasteiger partial charge >= 0.3 is 0 Å². The van der Waals surface area contributed by atoms with Crippen molar-refractivity contribution in [1.82, 2.24) is 9.97 Å². The van der Waals surface area contributed by atoms with Crippen LogP contribution in [-0.4, -0.2) is 21.7 Å². The molecule has 0 aromatic carbocycles. The Morgan fingerprint density at radius 2 is 2.06 bits per heavy atom. The van der Waals surface area contributed by atoms with Crippen molar-refractivity contribution in [3.05, 3.63) is 27.4 Å². The summed E-state index contributed by atoms with van der Waals surface area (Å²) in [7, 11) is 0. The van der Waals surface area contributed by atoms with Crippen molar-refractivity contribution in [3.8, 4) is 0 Å². The summed E-state index contributed by atoms with van der Waals surface area (Å²) in [6.07, 6.45) is 6.39. The molecular weight excluding hydrogens is 216 g/mol. The van der Waals surface area contributed by atoms with E-state index in [2.05, 4.69) is 9.97 Å². The minimum absolute atomic E-state index is 0.00558. The molecule has 1 heterocycles. The Kier molecular flexibility index (Phi) is 3.94. The first kappa shape index (κ1) is 12.3. The number of nitrogens with zero attached hydrogens (tertiary/aromatic N) is 1. The lowest BCUT2D eigenvalue weighted by molar-refractivity contribution is 0.298. The average Bonchev–Trinajstić information content (AvgIpc) is 2.35. The van der Waals surface area contributed by atoms with Crippen LogP contribution in [0.4, 0.5) is 0 Å². The number of nitrogens with one attached hydrogen (secondary N) is 1. The summed E-state index contributed by atoms with van der Waals surface area (Å²) < 4.78 is 0. The highest BCUT2D eigenvalue weighted by molar-refractivity contribution is 5.18. The largest absolute Gasteiger partial charge is 0.396 e. The van der Waals surface area contributed by atoms with Gasteiger partial charge in [0.05, 0.1) is 0 Å². The zero-order valence-corrected chi connectivity index (χ0v) is 10.3. The van der Waals surface area contributed by atoms with Gasteiger partial charge in [-0.15, -0.1) is 0 Å². The summed E-state index contributed by atoms with van der Waals surface area (Å²) in [6.45, 7) is 1.85. The smallest absolute Gasteiger partial charge is 0.254 e. The molecule has 0 bridgehead atoms. The van der Waals surface area contributed by atoms with Crippen LogP contribution in [0.3, 0.4) is 0 Å². The number of aryl methyl sites for hydroxylation is 1. The molecule has 0 unspecified atom stereocenters. The van der Waals surface area contributed by atoms with Crippen molar-refractivity contribution in [2.45, 2.75) is 51.4 Å². The number of H-pyrrole nitrogens is 1. The molecule has 4 nitrogen and oxygen atoms in total. The lowest BCUT2D eigenvalue weighted by Crippen LogP contribution is -2.22. The fourth-order valence-electron chi connectivity index (χ4n) is 2.61. The van der Waals surface area contributed by atoms with Gasteiger partial charge < -0.3 is 10.1 Å². The highest BCUT2D eigenvalue weighted by Crippen LogP contribution is 2.30. The van der Waals surface area contributed by atoms with Crippen LogP contribution < -0.4 is 5.56 Å². The van der Waals surface area contributed by atoms with E-state index in [0.29, 0.717) is 17.9 Å². The highest BCUT2D eigenvalue weighted by atomic mass is 16.3. The molecule has 0 amide bonds. The summed E-state index contributed by atoms with van der Waals surface area (Å²) in [4.78, 5) is 19.3. The SMILES string of the molecule is Cc1nc(C2CCCCC2)[nH]c(=O)c1CCO. The van der Waals surface area contributed by atoms with Crippen molar-refractivity contribution in [2.24, 2.45) is 0 Å². The van der Waals surface area contributed by atoms with Crippen LogP contribution in [0.5, 0.6) is 0 Å². The van der Waals surface area contributed by atoms with Crippen molar-refractivity contribution >= 4 is 0 Å². The monoisotopic (exact) mass is 236 g/mol. The normalized spacial score (nSPS) is 17.3. The molecule has 4 heteroatoms. The molecule has 2 N–H and O–H groups in total. The van der Waals surface area contributed by atoms with Crippen molar-refractivity contribution in [1.29, 1.82) is 0 Å². The molecule has 1 aliphatic carbocycles. The molecule has 2 rings (SSSR count). The van der Waals surface area contributed by atoms with Crippen LogP contribution in [-0.2, 0) is 6.42 Å². The van der Waals surface area contributed by atoms with Gasteiger partial charge in [0.2, 0.25) is 0 Å². The first-order valence-electron chi connectivity index (χ1n) is 6.43. The Balaban J connectivity index is 2.27. The summed E-state index contributed by atoms with van der Waals surface area (Å²) in [5, 5.41) is 8.91. The fraction of sp³-hybridized carbons (Fsp3) is 0.692. The van der Waals surface area contributed by atoms with Crippen molar-refractivity contribution in [2.75, 3.05) is 6.61 Å². The zero-order valence-electron chi connectivity index (χ0n) is 10.3. The molecule has 0 radical (unpaired) electrons. The van der Waals surface area contributed by atoms with Gasteiger partial charge in [-0.05, 0) is 19.8 Å². The maximum absolute atomic E-state index is 11.9. The minimum Gasteiger partial charge on any atom is -0.396 e. The quantitative estimate of drug-likeness (QED) is 0.838. The van der Waals surface area contributed by atoms with E-state index in [1.807, 2.05) is 6.92 Å². The Morgan fingerprint density at radius 1 is 1.35 bits per heavy atom. The van der Waals surface area contributed by atoms with Gasteiger partial charge in [-0.1, -0.05) is 19.3 Å². The van der Waals surface area contributed by atoms with E-state index in [1.54, 1.807) is 0 Å². The Morgan fingerprint density at radius 3 is 2.65 bits per heavy atom. The fourth-order valence-corrected chi connectivity index (χ4v) is 2.61. The van der Waals surface area contributed by atoms with Gasteiger partial charge in [-0.25, -0.2) is 4.98 Å². The molecule has 1 aromatic heterocycles. The third kappa shape index (κ3) is 2.75. The molecule has 0 spiro atoms. The number of hydrogen-bond acceptors (Lipinski definition) is 3. The Bertz CT molecular complexity index is 434. The number of aromatic amines is 1. The molecule has 1 aliphatic rings. The first-order chi connectivity index (χ1) is 8.22. The maximum Gasteiger partial charge on any atom is 0.254 e. The van der Waals surface area contributed by atoms with Crippen LogP contribution >= 0.6 is 0 Å². The van der Waals surface area contributed by atoms with E-state index in [0.717, 1.165) is 24.4 Å². The van der Waals surface area contributed by atoms with Crippen molar-refractivity contribution < 1.29 is 5.11 Å². The highest BCUT2D eigenvalue weighted by Gasteiger charge is 2.19. The summed E-state index contributed by atoms with van der Waals surface area (Å²) >= 11 is 0. The summed E-state index contributed by atoms with van der Waals surface area (Å²) in [5.41, 5.74) is 1.31. The minimum atomic E-state index is -0.0767. The van der Waals surface area contributed by atoms with E-state index in [9.17, 15) is 4.79 Å². The zero-order chi connectivity index (χ0) is 12.3. The molecular formula is C13H20N2O2. The third-order valence-electron chi connectivity index (χ3n) is 3.59. The number of aliphatic hydroxyl groups excluding tert-OH is 1. The van der Waals surface area contributed by atoms with Crippen LogP contribution in [0.1, 0.15) is 55.1 Å². The van der Waals surface area contributed by atoms with Crippen LogP contribution in [0, 0.1) is 6.92 Å². The number of aromatic nitrogens is 2. The van der Waals surface area contributed by atoms with Gasteiger partial charge in [-0.3, -0.25) is 4.79 Å². The van der Waals surface area contributed by atoms with Crippen LogP contribution in [0.25, 0.3) is 0 Å². The Hall–Kier alpha value is -1.16. The third-order valence-corrected chi connectivity index (χ3v) is 3.59. The topological polar surface area (TPSA) is 66.0 Å². The lowest BCUT2D eigenvalue weighted by atomic mass is 9.88. The van der Waals surface area contributed by atoms with E-state index in [4.69, 9.17) is 5.11 Å². The molecule has 0 aliphatic heterocycles. The van der Waals surface area contributed by atoms with E-state index in [-0.39, 0.29) is 12.2 Å². The summed E-state index contributed by atoms with van der Waals surface area (Å²) in [6, 6.07) is 0. The van der Waals surface area contributed by atoms with E-state index < -0.39 is 0 Å². The van der Waals surface area contributed by atoms with Crippen LogP contribution in [0.2, 0.25) is 0 Å². The number of rotatable bonds is 3. The lowest BCUT2D eigenvalue weighted by Gasteiger charge is -2.21. The first-order valence-corrected chi connectivity index (χ1v) is 6.43. The van der Waals surface area contributed by atoms with E-state index >= 15 is 0 Å². The number of aliphatic hydroxyl groups is 1. The second kappa shape index (κ2) is 5.45. The number of hydrogen-bond donors (Lipinski definition) is 2. The van der Waals surface area contributed by atoms with Gasteiger partial charge in [0, 0.05) is 30.2 Å². The second-order valence-corrected chi connectivity index (χ2v) is 4.82. The van der Waals surface area contributed by atoms with Crippen molar-refractivity contribution in [3.63, 3.8) is 0 Å². The van der Waals surface area contributed by atoms with Gasteiger partial charge in [0.15, 0.2) is 0 Å². The molecule has 94 valence electrons. The second-order valence-electron chi connectivity index (χ2n) is 4.82. The average molecular weight is 236 g/mol. The Labute approximate surface area is 101 Å². The predicted octanol–water partition coefficient (Wildman–Crippen LogP) is 1.66. The maximum atomic E-state index is 11.9. The molecule has 1 aromatic rings. The van der Waals surface area contributed by atoms with Crippen LogP contribution in [0.15, 0.2) is 4.79 Å². The van der Waals surface area contributed by atoms with Gasteiger partial charge in [-0.2, -0.15) is 0 Å². The molecule has 1 fully saturated rings. The van der Waals surface area contributed by atoms with Gasteiger partial charge in [0.1, 0.15) is 5.82 Å². The molecule has 0 atom stereocenters. The predicted molar refractivity (Wildman–Crippen MR) is 66.2 cm³/mol. The standard InChI is InChI=1S/C13H20N2O2/c1-9-11(7-8-16)13(17)15-12(14-9)10-5-3-2-4-6-10/h10,16H,2-8H2,1H3,(H,14,15,17). The summed E-state index contributed by atoms with van der Waals surface area (Å²) in [5.74, 6) is 1.26. The molecule has 17 heavy (non-hydrogen) atoms. The van der Waals surface area contributed by atoms with E-state index in [1.165, 1.54) is 19.3 Å².